The van der Waals surface area contributed by atoms with Crippen molar-refractivity contribution in [3.8, 4) is 0 Å². The molecule has 1 rings (SSSR count). The van der Waals surface area contributed by atoms with Gasteiger partial charge in [-0.1, -0.05) is 11.6 Å². The van der Waals surface area contributed by atoms with Crippen LogP contribution in [0, 0.1) is 0 Å². The summed E-state index contributed by atoms with van der Waals surface area (Å²) in [7, 11) is 1.85. The van der Waals surface area contributed by atoms with Gasteiger partial charge < -0.3 is 10.0 Å². The smallest absolute Gasteiger partial charge is 0.147 e. The lowest BCUT2D eigenvalue weighted by Gasteiger charge is -2.24. The van der Waals surface area contributed by atoms with Crippen molar-refractivity contribution in [3.63, 3.8) is 0 Å². The molecule has 0 radical (unpaired) electrons. The van der Waals surface area contributed by atoms with Gasteiger partial charge in [0.2, 0.25) is 0 Å². The number of aliphatic hydroxyl groups is 1. The Morgan fingerprint density at radius 2 is 2.36 bits per heavy atom. The molecule has 0 saturated carbocycles. The molecule has 14 heavy (non-hydrogen) atoms. The Kier molecular flexibility index (Phi) is 4.16. The van der Waals surface area contributed by atoms with E-state index >= 15 is 0 Å². The quantitative estimate of drug-likeness (QED) is 0.922. The number of pyridine rings is 1. The Hall–Kier alpha value is -0.320. The summed E-state index contributed by atoms with van der Waals surface area (Å²) >= 11 is 9.29. The van der Waals surface area contributed by atoms with Crippen molar-refractivity contribution in [2.24, 2.45) is 0 Å². The second kappa shape index (κ2) is 4.96. The number of anilines is 1. The lowest BCUT2D eigenvalue weighted by Crippen LogP contribution is -2.32. The van der Waals surface area contributed by atoms with Crippen molar-refractivity contribution in [2.45, 2.75) is 13.0 Å². The summed E-state index contributed by atoms with van der Waals surface area (Å²) < 4.78 is 0.844. The fourth-order valence-electron chi connectivity index (χ4n) is 0.998. The molecular formula is C9H12BrClN2O. The molecule has 1 aromatic rings. The van der Waals surface area contributed by atoms with Gasteiger partial charge in [-0.15, -0.1) is 0 Å². The molecule has 0 spiro atoms. The Balaban J connectivity index is 2.95. The molecule has 0 aliphatic heterocycles. The molecule has 1 N–H and O–H groups in total. The summed E-state index contributed by atoms with van der Waals surface area (Å²) in [5.74, 6) is 0.677. The van der Waals surface area contributed by atoms with Crippen LogP contribution in [0.3, 0.4) is 0 Å². The van der Waals surface area contributed by atoms with Gasteiger partial charge in [0.1, 0.15) is 5.82 Å². The molecule has 1 heterocycles. The van der Waals surface area contributed by atoms with E-state index in [2.05, 4.69) is 20.9 Å². The maximum atomic E-state index is 8.99. The average molecular weight is 280 g/mol. The van der Waals surface area contributed by atoms with Gasteiger partial charge >= 0.3 is 0 Å². The Morgan fingerprint density at radius 1 is 1.71 bits per heavy atom. The van der Waals surface area contributed by atoms with Crippen LogP contribution in [-0.2, 0) is 0 Å². The summed E-state index contributed by atoms with van der Waals surface area (Å²) in [6, 6.07) is 1.78. The maximum absolute atomic E-state index is 8.99. The third-order valence-corrected chi connectivity index (χ3v) is 2.76. The third-order valence-electron chi connectivity index (χ3n) is 2.05. The first-order chi connectivity index (χ1) is 6.56. The second-order valence-corrected chi connectivity index (χ2v) is 4.42. The zero-order valence-corrected chi connectivity index (χ0v) is 10.4. The topological polar surface area (TPSA) is 36.4 Å². The molecule has 0 amide bonds. The van der Waals surface area contributed by atoms with Gasteiger partial charge in [0, 0.05) is 17.7 Å². The van der Waals surface area contributed by atoms with Gasteiger partial charge in [0.15, 0.2) is 0 Å². The largest absolute Gasteiger partial charge is 0.394 e. The average Bonchev–Trinajstić information content (AvgIpc) is 2.15. The highest BCUT2D eigenvalue weighted by Gasteiger charge is 2.13. The highest BCUT2D eigenvalue weighted by Crippen LogP contribution is 2.26. The fraction of sp³-hybridized carbons (Fsp3) is 0.444. The zero-order chi connectivity index (χ0) is 10.7. The van der Waals surface area contributed by atoms with E-state index in [1.54, 1.807) is 12.3 Å². The summed E-state index contributed by atoms with van der Waals surface area (Å²) in [6.45, 7) is 1.98. The van der Waals surface area contributed by atoms with E-state index in [1.165, 1.54) is 0 Å². The maximum Gasteiger partial charge on any atom is 0.147 e. The molecule has 3 nitrogen and oxygen atoms in total. The molecule has 0 fully saturated rings. The number of aromatic nitrogens is 1. The molecule has 78 valence electrons. The van der Waals surface area contributed by atoms with Crippen LogP contribution in [0.2, 0.25) is 5.02 Å². The van der Waals surface area contributed by atoms with Crippen LogP contribution >= 0.6 is 27.5 Å². The number of halogens is 2. The van der Waals surface area contributed by atoms with Crippen molar-refractivity contribution in [1.29, 1.82) is 0 Å². The molecule has 1 atom stereocenters. The van der Waals surface area contributed by atoms with Crippen LogP contribution in [0.5, 0.6) is 0 Å². The number of aliphatic hydroxyl groups excluding tert-OH is 1. The van der Waals surface area contributed by atoms with Gasteiger partial charge in [-0.25, -0.2) is 4.98 Å². The minimum absolute atomic E-state index is 0.00109. The lowest BCUT2D eigenvalue weighted by atomic mass is 10.3. The van der Waals surface area contributed by atoms with E-state index in [4.69, 9.17) is 16.7 Å². The minimum atomic E-state index is 0.00109. The van der Waals surface area contributed by atoms with E-state index in [0.717, 1.165) is 4.47 Å². The number of nitrogens with zero attached hydrogens (tertiary/aromatic N) is 2. The first kappa shape index (κ1) is 11.8. The van der Waals surface area contributed by atoms with E-state index in [0.29, 0.717) is 10.8 Å². The first-order valence-electron chi connectivity index (χ1n) is 4.21. The second-order valence-electron chi connectivity index (χ2n) is 3.10. The van der Waals surface area contributed by atoms with Gasteiger partial charge in [-0.2, -0.15) is 0 Å². The highest BCUT2D eigenvalue weighted by molar-refractivity contribution is 9.10. The van der Waals surface area contributed by atoms with E-state index < -0.39 is 0 Å². The van der Waals surface area contributed by atoms with E-state index in [-0.39, 0.29) is 12.6 Å². The van der Waals surface area contributed by atoms with Crippen LogP contribution in [0.15, 0.2) is 16.7 Å². The predicted octanol–water partition coefficient (Wildman–Crippen LogP) is 2.31. The molecule has 0 bridgehead atoms. The van der Waals surface area contributed by atoms with Gasteiger partial charge in [-0.05, 0) is 28.9 Å². The van der Waals surface area contributed by atoms with Crippen molar-refractivity contribution in [3.05, 3.63) is 21.8 Å². The summed E-state index contributed by atoms with van der Waals surface area (Å²) in [5.41, 5.74) is 0. The molecule has 1 unspecified atom stereocenters. The van der Waals surface area contributed by atoms with E-state index in [9.17, 15) is 0 Å². The van der Waals surface area contributed by atoms with Crippen LogP contribution in [0.1, 0.15) is 6.92 Å². The van der Waals surface area contributed by atoms with Crippen LogP contribution < -0.4 is 4.90 Å². The molecular weight excluding hydrogens is 267 g/mol. The number of hydrogen-bond donors (Lipinski definition) is 1. The summed E-state index contributed by atoms with van der Waals surface area (Å²) in [5, 5.41) is 9.56. The third kappa shape index (κ3) is 2.59. The normalized spacial score (nSPS) is 12.6. The van der Waals surface area contributed by atoms with Crippen molar-refractivity contribution in [1.82, 2.24) is 4.98 Å². The number of rotatable bonds is 3. The fourth-order valence-corrected chi connectivity index (χ4v) is 1.76. The number of likely N-dealkylation sites (N-methyl/N-ethyl adjacent to an activating group) is 1. The van der Waals surface area contributed by atoms with Gasteiger partial charge in [0.05, 0.1) is 17.7 Å². The van der Waals surface area contributed by atoms with Crippen LogP contribution in [-0.4, -0.2) is 29.8 Å². The van der Waals surface area contributed by atoms with Crippen molar-refractivity contribution in [2.75, 3.05) is 18.6 Å². The molecule has 0 aromatic carbocycles. The SMILES string of the molecule is CC(CO)N(C)c1ncc(Br)cc1Cl. The minimum Gasteiger partial charge on any atom is -0.394 e. The molecule has 0 aliphatic rings. The van der Waals surface area contributed by atoms with Gasteiger partial charge in [-0.3, -0.25) is 0 Å². The lowest BCUT2D eigenvalue weighted by molar-refractivity contribution is 0.270. The summed E-state index contributed by atoms with van der Waals surface area (Å²) in [4.78, 5) is 6.02. The predicted molar refractivity (Wildman–Crippen MR) is 61.9 cm³/mol. The zero-order valence-electron chi connectivity index (χ0n) is 8.04. The molecule has 0 saturated heterocycles. The Labute approximate surface area is 96.8 Å². The Morgan fingerprint density at radius 3 is 2.86 bits per heavy atom. The van der Waals surface area contributed by atoms with Crippen LogP contribution in [0.25, 0.3) is 0 Å². The summed E-state index contributed by atoms with van der Waals surface area (Å²) in [6.07, 6.45) is 1.68. The molecule has 5 heteroatoms. The monoisotopic (exact) mass is 278 g/mol. The standard InChI is InChI=1S/C9H12BrClN2O/c1-6(5-14)13(2)9-8(11)3-7(10)4-12-9/h3-4,6,14H,5H2,1-2H3. The first-order valence-corrected chi connectivity index (χ1v) is 5.38. The number of hydrogen-bond acceptors (Lipinski definition) is 3. The molecule has 1 aromatic heterocycles. The van der Waals surface area contributed by atoms with Crippen molar-refractivity contribution < 1.29 is 5.11 Å². The van der Waals surface area contributed by atoms with Gasteiger partial charge in [0.25, 0.3) is 0 Å². The highest BCUT2D eigenvalue weighted by atomic mass is 79.9. The van der Waals surface area contributed by atoms with E-state index in [1.807, 2.05) is 18.9 Å². The van der Waals surface area contributed by atoms with Crippen molar-refractivity contribution >= 4 is 33.3 Å². The Bertz CT molecular complexity index is 322. The molecule has 0 aliphatic carbocycles. The van der Waals surface area contributed by atoms with Crippen LogP contribution in [0.4, 0.5) is 5.82 Å².